The highest BCUT2D eigenvalue weighted by molar-refractivity contribution is 5.93. The first-order valence-electron chi connectivity index (χ1n) is 10.7. The van der Waals surface area contributed by atoms with Crippen molar-refractivity contribution in [1.29, 1.82) is 5.26 Å². The zero-order valence-corrected chi connectivity index (χ0v) is 19.2. The van der Waals surface area contributed by atoms with Gasteiger partial charge in [-0.3, -0.25) is 4.79 Å². The second-order valence-corrected chi connectivity index (χ2v) is 7.86. The molecule has 3 aromatic carbocycles. The number of amides is 1. The van der Waals surface area contributed by atoms with E-state index < -0.39 is 0 Å². The number of methoxy groups -OCH3 is 1. The molecule has 34 heavy (non-hydrogen) atoms. The molecular formula is C27H24N4O3. The van der Waals surface area contributed by atoms with Gasteiger partial charge in [0.1, 0.15) is 11.9 Å². The number of nitrogens with zero attached hydrogens (tertiary/aromatic N) is 2. The van der Waals surface area contributed by atoms with E-state index in [4.69, 9.17) is 9.47 Å². The number of carbonyl (C=O) groups is 1. The van der Waals surface area contributed by atoms with E-state index >= 15 is 0 Å². The average Bonchev–Trinajstić information content (AvgIpc) is 3.25. The van der Waals surface area contributed by atoms with Crippen molar-refractivity contribution in [3.05, 3.63) is 83.2 Å². The summed E-state index contributed by atoms with van der Waals surface area (Å²) in [6, 6.07) is 20.9. The van der Waals surface area contributed by atoms with Crippen molar-refractivity contribution in [2.45, 2.75) is 13.8 Å². The average molecular weight is 453 g/mol. The van der Waals surface area contributed by atoms with Gasteiger partial charge in [-0.25, -0.2) is 4.98 Å². The van der Waals surface area contributed by atoms with Crippen LogP contribution in [-0.4, -0.2) is 29.6 Å². The fourth-order valence-electron chi connectivity index (χ4n) is 3.49. The van der Waals surface area contributed by atoms with Gasteiger partial charge in [-0.05, 0) is 55.8 Å². The Kier molecular flexibility index (Phi) is 6.60. The first kappa shape index (κ1) is 22.6. The fourth-order valence-corrected chi connectivity index (χ4v) is 3.49. The molecule has 0 radical (unpaired) electrons. The van der Waals surface area contributed by atoms with Gasteiger partial charge in [0, 0.05) is 11.3 Å². The van der Waals surface area contributed by atoms with Crippen molar-refractivity contribution in [1.82, 2.24) is 9.97 Å². The third-order valence-electron chi connectivity index (χ3n) is 5.22. The van der Waals surface area contributed by atoms with Crippen LogP contribution in [0.1, 0.15) is 22.5 Å². The van der Waals surface area contributed by atoms with E-state index in [1.165, 1.54) is 7.11 Å². The highest BCUT2D eigenvalue weighted by atomic mass is 16.5. The minimum Gasteiger partial charge on any atom is -0.493 e. The number of ether oxygens (including phenoxy) is 2. The van der Waals surface area contributed by atoms with Crippen molar-refractivity contribution in [2.75, 3.05) is 19.0 Å². The smallest absolute Gasteiger partial charge is 0.262 e. The number of imidazole rings is 1. The maximum absolute atomic E-state index is 12.4. The molecule has 0 saturated heterocycles. The van der Waals surface area contributed by atoms with Crippen LogP contribution in [0.2, 0.25) is 0 Å². The maximum atomic E-state index is 12.4. The predicted octanol–water partition coefficient (Wildman–Crippen LogP) is 5.27. The molecule has 0 saturated carbocycles. The Labute approximate surface area is 197 Å². The van der Waals surface area contributed by atoms with E-state index in [2.05, 4.69) is 21.4 Å². The standard InChI is InChI=1S/C27H24N4O3/c1-17-7-10-21(11-8-17)29-25(32)16-34-26-19(5-4-6-24(26)33-3)14-20(15-28)27-30-22-12-9-18(2)13-23(22)31-27/h4-14H,16H2,1-3H3,(H,29,32)(H,30,31). The normalized spacial score (nSPS) is 11.2. The molecule has 0 atom stereocenters. The zero-order chi connectivity index (χ0) is 24.1. The summed E-state index contributed by atoms with van der Waals surface area (Å²) >= 11 is 0. The fraction of sp³-hybridized carbons (Fsp3) is 0.148. The first-order valence-corrected chi connectivity index (χ1v) is 10.7. The van der Waals surface area contributed by atoms with Gasteiger partial charge < -0.3 is 19.8 Å². The number of hydrogen-bond acceptors (Lipinski definition) is 5. The van der Waals surface area contributed by atoms with E-state index in [1.807, 2.05) is 56.3 Å². The quantitative estimate of drug-likeness (QED) is 0.372. The van der Waals surface area contributed by atoms with Crippen LogP contribution in [0.15, 0.2) is 60.7 Å². The number of aromatic nitrogens is 2. The van der Waals surface area contributed by atoms with E-state index in [1.54, 1.807) is 24.3 Å². The number of carbonyl (C=O) groups excluding carboxylic acids is 1. The van der Waals surface area contributed by atoms with Gasteiger partial charge in [0.05, 0.1) is 23.7 Å². The van der Waals surface area contributed by atoms with Gasteiger partial charge in [0.15, 0.2) is 18.1 Å². The molecule has 1 amide bonds. The van der Waals surface area contributed by atoms with Crippen LogP contribution in [0, 0.1) is 25.2 Å². The number of para-hydroxylation sites is 1. The van der Waals surface area contributed by atoms with Crippen LogP contribution in [-0.2, 0) is 4.79 Å². The summed E-state index contributed by atoms with van der Waals surface area (Å²) in [5.74, 6) is 0.963. The summed E-state index contributed by atoms with van der Waals surface area (Å²) in [4.78, 5) is 20.2. The number of H-pyrrole nitrogens is 1. The lowest BCUT2D eigenvalue weighted by Crippen LogP contribution is -2.20. The molecular weight excluding hydrogens is 428 g/mol. The molecule has 0 fully saturated rings. The van der Waals surface area contributed by atoms with Crippen LogP contribution in [0.4, 0.5) is 5.69 Å². The number of nitriles is 1. The highest BCUT2D eigenvalue weighted by Crippen LogP contribution is 2.33. The minimum absolute atomic E-state index is 0.221. The van der Waals surface area contributed by atoms with E-state index in [9.17, 15) is 10.1 Å². The number of rotatable bonds is 7. The number of hydrogen-bond donors (Lipinski definition) is 2. The summed E-state index contributed by atoms with van der Waals surface area (Å²) in [6.07, 6.45) is 1.67. The number of benzene rings is 3. The van der Waals surface area contributed by atoms with Crippen LogP contribution in [0.25, 0.3) is 22.7 Å². The molecule has 0 aliphatic carbocycles. The Balaban J connectivity index is 1.60. The molecule has 4 aromatic rings. The number of anilines is 1. The number of nitrogens with one attached hydrogen (secondary N) is 2. The van der Waals surface area contributed by atoms with Crippen LogP contribution in [0.5, 0.6) is 11.5 Å². The number of fused-ring (bicyclic) bond motifs is 1. The summed E-state index contributed by atoms with van der Waals surface area (Å²) in [5, 5.41) is 12.6. The molecule has 0 spiro atoms. The monoisotopic (exact) mass is 452 g/mol. The summed E-state index contributed by atoms with van der Waals surface area (Å²) in [7, 11) is 1.52. The summed E-state index contributed by atoms with van der Waals surface area (Å²) < 4.78 is 11.3. The summed E-state index contributed by atoms with van der Waals surface area (Å²) in [6.45, 7) is 3.75. The molecule has 170 valence electrons. The largest absolute Gasteiger partial charge is 0.493 e. The Bertz CT molecular complexity index is 1410. The number of aromatic amines is 1. The van der Waals surface area contributed by atoms with Crippen molar-refractivity contribution < 1.29 is 14.3 Å². The highest BCUT2D eigenvalue weighted by Gasteiger charge is 2.15. The predicted molar refractivity (Wildman–Crippen MR) is 133 cm³/mol. The van der Waals surface area contributed by atoms with Crippen molar-refractivity contribution in [3.63, 3.8) is 0 Å². The Morgan fingerprint density at radius 3 is 2.62 bits per heavy atom. The van der Waals surface area contributed by atoms with E-state index in [-0.39, 0.29) is 12.5 Å². The molecule has 0 aliphatic heterocycles. The van der Waals surface area contributed by atoms with Crippen molar-refractivity contribution >= 4 is 34.3 Å². The van der Waals surface area contributed by atoms with Gasteiger partial charge in [-0.2, -0.15) is 5.26 Å². The lowest BCUT2D eigenvalue weighted by atomic mass is 10.1. The van der Waals surface area contributed by atoms with Gasteiger partial charge in [-0.15, -0.1) is 0 Å². The molecule has 0 bridgehead atoms. The third kappa shape index (κ3) is 5.08. The SMILES string of the molecule is COc1cccc(C=C(C#N)c2nc3ccc(C)cc3[nH]2)c1OCC(=O)Nc1ccc(C)cc1. The van der Waals surface area contributed by atoms with Crippen LogP contribution in [0.3, 0.4) is 0 Å². The lowest BCUT2D eigenvalue weighted by Gasteiger charge is -2.14. The Hall–Kier alpha value is -4.57. The topological polar surface area (TPSA) is 100 Å². The zero-order valence-electron chi connectivity index (χ0n) is 19.2. The Morgan fingerprint density at radius 1 is 1.12 bits per heavy atom. The summed E-state index contributed by atoms with van der Waals surface area (Å²) in [5.41, 5.74) is 5.44. The number of allylic oxidation sites excluding steroid dienone is 1. The van der Waals surface area contributed by atoms with Crippen LogP contribution >= 0.6 is 0 Å². The van der Waals surface area contributed by atoms with Crippen molar-refractivity contribution in [3.8, 4) is 17.6 Å². The molecule has 7 heteroatoms. The lowest BCUT2D eigenvalue weighted by molar-refractivity contribution is -0.118. The van der Waals surface area contributed by atoms with Gasteiger partial charge in [-0.1, -0.05) is 35.9 Å². The van der Waals surface area contributed by atoms with E-state index in [0.29, 0.717) is 34.1 Å². The maximum Gasteiger partial charge on any atom is 0.262 e. The molecule has 1 heterocycles. The molecule has 4 rings (SSSR count). The van der Waals surface area contributed by atoms with Gasteiger partial charge in [0.2, 0.25) is 0 Å². The van der Waals surface area contributed by atoms with E-state index in [0.717, 1.165) is 22.2 Å². The first-order chi connectivity index (χ1) is 16.5. The second-order valence-electron chi connectivity index (χ2n) is 7.86. The molecule has 1 aromatic heterocycles. The third-order valence-corrected chi connectivity index (χ3v) is 5.22. The van der Waals surface area contributed by atoms with Gasteiger partial charge >= 0.3 is 0 Å². The second kappa shape index (κ2) is 9.92. The minimum atomic E-state index is -0.308. The van der Waals surface area contributed by atoms with Crippen LogP contribution < -0.4 is 14.8 Å². The Morgan fingerprint density at radius 2 is 1.88 bits per heavy atom. The molecule has 0 unspecified atom stereocenters. The number of aryl methyl sites for hydroxylation is 2. The molecule has 7 nitrogen and oxygen atoms in total. The van der Waals surface area contributed by atoms with Gasteiger partial charge in [0.25, 0.3) is 5.91 Å². The molecule has 2 N–H and O–H groups in total. The van der Waals surface area contributed by atoms with Crippen molar-refractivity contribution in [2.24, 2.45) is 0 Å². The molecule has 0 aliphatic rings.